The Labute approximate surface area is 238 Å². The van der Waals surface area contributed by atoms with Crippen molar-refractivity contribution < 1.29 is 22.8 Å². The van der Waals surface area contributed by atoms with Gasteiger partial charge in [0.15, 0.2) is 0 Å². The number of nitrogens with zero attached hydrogens (tertiary/aromatic N) is 4. The minimum atomic E-state index is -4.52. The molecular formula is C31H36F3N5O2. The Morgan fingerprint density at radius 1 is 0.927 bits per heavy atom. The maximum absolute atomic E-state index is 13.9. The first-order valence-electron chi connectivity index (χ1n) is 14.3. The minimum absolute atomic E-state index is 0.0134. The third-order valence-corrected chi connectivity index (χ3v) is 8.10. The first-order chi connectivity index (χ1) is 19.6. The largest absolute Gasteiger partial charge is 0.416 e. The van der Waals surface area contributed by atoms with Crippen LogP contribution in [0.4, 0.5) is 24.5 Å². The number of halogens is 3. The molecule has 1 aromatic heterocycles. The van der Waals surface area contributed by atoms with Gasteiger partial charge in [-0.25, -0.2) is 0 Å². The Morgan fingerprint density at radius 2 is 1.61 bits per heavy atom. The SMILES string of the molecule is CC(C)n1nccc1C(=O)N1CCN(c2ccc(NC(=O)c3ccc(C4CCCCC4)c(C(F)(F)F)c3)cc2)CC1. The molecule has 1 saturated heterocycles. The van der Waals surface area contributed by atoms with Crippen molar-refractivity contribution in [3.63, 3.8) is 0 Å². The molecule has 2 fully saturated rings. The predicted octanol–water partition coefficient (Wildman–Crippen LogP) is 6.75. The molecule has 1 N–H and O–H groups in total. The van der Waals surface area contributed by atoms with Gasteiger partial charge in [-0.1, -0.05) is 25.3 Å². The van der Waals surface area contributed by atoms with Gasteiger partial charge in [0.2, 0.25) is 0 Å². The molecule has 7 nitrogen and oxygen atoms in total. The maximum atomic E-state index is 13.9. The molecular weight excluding hydrogens is 531 g/mol. The first-order valence-corrected chi connectivity index (χ1v) is 14.3. The van der Waals surface area contributed by atoms with Gasteiger partial charge in [0.05, 0.1) is 5.56 Å². The third kappa shape index (κ3) is 6.41. The van der Waals surface area contributed by atoms with E-state index >= 15 is 0 Å². The van der Waals surface area contributed by atoms with Crippen molar-refractivity contribution in [1.29, 1.82) is 0 Å². The van der Waals surface area contributed by atoms with Crippen molar-refractivity contribution in [2.75, 3.05) is 36.4 Å². The van der Waals surface area contributed by atoms with Gasteiger partial charge >= 0.3 is 6.18 Å². The molecule has 2 aromatic carbocycles. The smallest absolute Gasteiger partial charge is 0.368 e. The van der Waals surface area contributed by atoms with Gasteiger partial charge in [-0.3, -0.25) is 14.3 Å². The Morgan fingerprint density at radius 3 is 2.24 bits per heavy atom. The number of carbonyl (C=O) groups excluding carboxylic acids is 2. The zero-order valence-electron chi connectivity index (χ0n) is 23.5. The highest BCUT2D eigenvalue weighted by atomic mass is 19.4. The number of alkyl halides is 3. The Hall–Kier alpha value is -3.82. The summed E-state index contributed by atoms with van der Waals surface area (Å²) in [4.78, 5) is 29.9. The van der Waals surface area contributed by atoms with Crippen LogP contribution in [0, 0.1) is 0 Å². The number of amides is 2. The molecule has 5 rings (SSSR count). The molecule has 0 radical (unpaired) electrons. The summed E-state index contributed by atoms with van der Waals surface area (Å²) in [7, 11) is 0. The van der Waals surface area contributed by atoms with Crippen LogP contribution in [0.3, 0.4) is 0 Å². The molecule has 41 heavy (non-hydrogen) atoms. The second kappa shape index (κ2) is 12.0. The number of nitrogens with one attached hydrogen (secondary N) is 1. The highest BCUT2D eigenvalue weighted by molar-refractivity contribution is 6.04. The lowest BCUT2D eigenvalue weighted by atomic mass is 9.81. The van der Waals surface area contributed by atoms with E-state index < -0.39 is 17.6 Å². The molecule has 2 amide bonds. The van der Waals surface area contributed by atoms with Crippen LogP contribution in [0.5, 0.6) is 0 Å². The lowest BCUT2D eigenvalue weighted by Gasteiger charge is -2.36. The molecule has 1 aliphatic carbocycles. The van der Waals surface area contributed by atoms with Crippen LogP contribution in [0.25, 0.3) is 0 Å². The fraction of sp³-hybridized carbons (Fsp3) is 0.452. The van der Waals surface area contributed by atoms with E-state index in [9.17, 15) is 22.8 Å². The van der Waals surface area contributed by atoms with Gasteiger partial charge < -0.3 is 15.1 Å². The lowest BCUT2D eigenvalue weighted by molar-refractivity contribution is -0.138. The average Bonchev–Trinajstić information content (AvgIpc) is 3.48. The topological polar surface area (TPSA) is 70.5 Å². The van der Waals surface area contributed by atoms with Crippen molar-refractivity contribution in [3.05, 3.63) is 77.1 Å². The van der Waals surface area contributed by atoms with Gasteiger partial charge in [0, 0.05) is 55.4 Å². The molecule has 0 bridgehead atoms. The number of carbonyl (C=O) groups is 2. The van der Waals surface area contributed by atoms with Crippen LogP contribution >= 0.6 is 0 Å². The highest BCUT2D eigenvalue weighted by Crippen LogP contribution is 2.41. The van der Waals surface area contributed by atoms with Crippen LogP contribution in [-0.4, -0.2) is 52.7 Å². The second-order valence-electron chi connectivity index (χ2n) is 11.2. The zero-order valence-corrected chi connectivity index (χ0v) is 23.5. The van der Waals surface area contributed by atoms with Gasteiger partial charge in [0.25, 0.3) is 11.8 Å². The van der Waals surface area contributed by atoms with Gasteiger partial charge in [-0.15, -0.1) is 0 Å². The van der Waals surface area contributed by atoms with E-state index in [-0.39, 0.29) is 23.4 Å². The van der Waals surface area contributed by atoms with E-state index in [1.165, 1.54) is 12.1 Å². The summed E-state index contributed by atoms with van der Waals surface area (Å²) in [5.41, 5.74) is 1.60. The van der Waals surface area contributed by atoms with E-state index in [0.29, 0.717) is 43.1 Å². The molecule has 1 aliphatic heterocycles. The molecule has 1 saturated carbocycles. The van der Waals surface area contributed by atoms with Crippen LogP contribution in [0.1, 0.15) is 89.9 Å². The maximum Gasteiger partial charge on any atom is 0.416 e. The van der Waals surface area contributed by atoms with E-state index in [1.54, 1.807) is 29.1 Å². The number of aromatic nitrogens is 2. The summed E-state index contributed by atoms with van der Waals surface area (Å²) >= 11 is 0. The second-order valence-corrected chi connectivity index (χ2v) is 11.2. The molecule has 10 heteroatoms. The van der Waals surface area contributed by atoms with E-state index in [2.05, 4.69) is 15.3 Å². The third-order valence-electron chi connectivity index (χ3n) is 8.10. The van der Waals surface area contributed by atoms with Crippen molar-refractivity contribution in [2.45, 2.75) is 64.1 Å². The zero-order chi connectivity index (χ0) is 29.1. The predicted molar refractivity (Wildman–Crippen MR) is 152 cm³/mol. The van der Waals surface area contributed by atoms with Crippen molar-refractivity contribution in [2.24, 2.45) is 0 Å². The van der Waals surface area contributed by atoms with E-state index in [4.69, 9.17) is 0 Å². The Balaban J connectivity index is 1.20. The summed E-state index contributed by atoms with van der Waals surface area (Å²) in [5, 5.41) is 6.99. The quantitative estimate of drug-likeness (QED) is 0.358. The van der Waals surface area contributed by atoms with Gasteiger partial charge in [-0.05, 0) is 80.6 Å². The van der Waals surface area contributed by atoms with Crippen LogP contribution in [-0.2, 0) is 6.18 Å². The molecule has 2 aliphatic rings. The number of benzene rings is 2. The number of piperazine rings is 1. The highest BCUT2D eigenvalue weighted by Gasteiger charge is 2.36. The molecule has 218 valence electrons. The number of anilines is 2. The van der Waals surface area contributed by atoms with Crippen LogP contribution in [0.15, 0.2) is 54.7 Å². The molecule has 3 aromatic rings. The molecule has 0 atom stereocenters. The monoisotopic (exact) mass is 567 g/mol. The van der Waals surface area contributed by atoms with Crippen molar-refractivity contribution in [1.82, 2.24) is 14.7 Å². The standard InChI is InChI=1S/C31H36F3N5O2/c1-21(2)39-28(14-15-35-39)30(41)38-18-16-37(17-19-38)25-11-9-24(10-12-25)36-29(40)23-8-13-26(22-6-4-3-5-7-22)27(20-23)31(32,33)34/h8-15,20-22H,3-7,16-19H2,1-2H3,(H,36,40). The Bertz CT molecular complexity index is 1370. The fourth-order valence-electron chi connectivity index (χ4n) is 5.90. The average molecular weight is 568 g/mol. The summed E-state index contributed by atoms with van der Waals surface area (Å²) in [6.07, 6.45) is 1.53. The number of hydrogen-bond acceptors (Lipinski definition) is 4. The van der Waals surface area contributed by atoms with Gasteiger partial charge in [0.1, 0.15) is 5.69 Å². The van der Waals surface area contributed by atoms with Crippen molar-refractivity contribution >= 4 is 23.2 Å². The first kappa shape index (κ1) is 28.7. The van der Waals surface area contributed by atoms with Crippen LogP contribution < -0.4 is 10.2 Å². The van der Waals surface area contributed by atoms with Gasteiger partial charge in [-0.2, -0.15) is 18.3 Å². The molecule has 0 unspecified atom stereocenters. The minimum Gasteiger partial charge on any atom is -0.368 e. The Kier molecular flexibility index (Phi) is 8.37. The summed E-state index contributed by atoms with van der Waals surface area (Å²) < 4.78 is 43.5. The van der Waals surface area contributed by atoms with E-state index in [0.717, 1.165) is 43.9 Å². The number of rotatable bonds is 6. The van der Waals surface area contributed by atoms with Crippen molar-refractivity contribution in [3.8, 4) is 0 Å². The fourth-order valence-corrected chi connectivity index (χ4v) is 5.90. The normalized spacial score (nSPS) is 16.7. The lowest BCUT2D eigenvalue weighted by Crippen LogP contribution is -2.49. The van der Waals surface area contributed by atoms with Crippen LogP contribution in [0.2, 0.25) is 0 Å². The van der Waals surface area contributed by atoms with E-state index in [1.807, 2.05) is 30.9 Å². The molecule has 0 spiro atoms. The number of hydrogen-bond donors (Lipinski definition) is 1. The summed E-state index contributed by atoms with van der Waals surface area (Å²) in [6, 6.07) is 13.0. The summed E-state index contributed by atoms with van der Waals surface area (Å²) in [5.74, 6) is -0.728. The molecule has 2 heterocycles. The summed E-state index contributed by atoms with van der Waals surface area (Å²) in [6.45, 7) is 6.42.